The van der Waals surface area contributed by atoms with Gasteiger partial charge >= 0.3 is 0 Å². The second-order valence-electron chi connectivity index (χ2n) is 6.19. The molecule has 0 unspecified atom stereocenters. The summed E-state index contributed by atoms with van der Waals surface area (Å²) in [7, 11) is 3.41. The fraction of sp³-hybridized carbons (Fsp3) is 0.174. The zero-order chi connectivity index (χ0) is 19.1. The van der Waals surface area contributed by atoms with Crippen molar-refractivity contribution in [3.8, 4) is 22.6 Å². The molecule has 0 bridgehead atoms. The van der Waals surface area contributed by atoms with Crippen LogP contribution in [-0.2, 0) is 0 Å². The number of carbonyl (C=O) groups is 1. The number of hydrogen-bond donors (Lipinski definition) is 0. The Labute approximate surface area is 160 Å². The smallest absolute Gasteiger partial charge is 0.253 e. The molecule has 4 heteroatoms. The first kappa shape index (κ1) is 18.5. The first-order valence-electron chi connectivity index (χ1n) is 8.85. The van der Waals surface area contributed by atoms with E-state index in [2.05, 4.69) is 12.1 Å². The van der Waals surface area contributed by atoms with Crippen molar-refractivity contribution in [2.45, 2.75) is 0 Å². The van der Waals surface area contributed by atoms with Crippen LogP contribution in [0.1, 0.15) is 10.4 Å². The summed E-state index contributed by atoms with van der Waals surface area (Å²) in [5.74, 6) is 1.52. The van der Waals surface area contributed by atoms with Gasteiger partial charge in [0, 0.05) is 12.6 Å². The minimum absolute atomic E-state index is 0.0204. The van der Waals surface area contributed by atoms with Crippen molar-refractivity contribution in [2.75, 3.05) is 27.3 Å². The van der Waals surface area contributed by atoms with E-state index in [9.17, 15) is 4.79 Å². The summed E-state index contributed by atoms with van der Waals surface area (Å²) < 4.78 is 10.8. The van der Waals surface area contributed by atoms with Gasteiger partial charge in [-0.2, -0.15) is 0 Å². The Morgan fingerprint density at radius 2 is 1.41 bits per heavy atom. The quantitative estimate of drug-likeness (QED) is 0.621. The lowest BCUT2D eigenvalue weighted by Gasteiger charge is -2.18. The zero-order valence-corrected chi connectivity index (χ0v) is 15.6. The number of hydrogen-bond acceptors (Lipinski definition) is 3. The van der Waals surface area contributed by atoms with Gasteiger partial charge in [0.15, 0.2) is 0 Å². The van der Waals surface area contributed by atoms with E-state index >= 15 is 0 Å². The molecular weight excluding hydrogens is 338 g/mol. The molecule has 0 aliphatic heterocycles. The number of amides is 1. The minimum atomic E-state index is -0.0204. The maximum absolute atomic E-state index is 12.6. The fourth-order valence-electron chi connectivity index (χ4n) is 2.73. The van der Waals surface area contributed by atoms with E-state index in [-0.39, 0.29) is 5.91 Å². The predicted octanol–water partition coefficient (Wildman–Crippen LogP) is 4.51. The van der Waals surface area contributed by atoms with Gasteiger partial charge in [-0.25, -0.2) is 0 Å². The summed E-state index contributed by atoms with van der Waals surface area (Å²) in [6, 6.07) is 25.2. The lowest BCUT2D eigenvalue weighted by molar-refractivity contribution is 0.0774. The van der Waals surface area contributed by atoms with Crippen LogP contribution in [0.25, 0.3) is 11.1 Å². The van der Waals surface area contributed by atoms with Crippen molar-refractivity contribution < 1.29 is 14.3 Å². The molecule has 138 valence electrons. The van der Waals surface area contributed by atoms with E-state index in [1.807, 2.05) is 66.7 Å². The molecule has 0 N–H and O–H groups in total. The first-order valence-corrected chi connectivity index (χ1v) is 8.85. The molecule has 1 amide bonds. The highest BCUT2D eigenvalue weighted by molar-refractivity contribution is 5.94. The van der Waals surface area contributed by atoms with Crippen LogP contribution in [0.4, 0.5) is 0 Å². The number of methoxy groups -OCH3 is 1. The average molecular weight is 361 g/mol. The van der Waals surface area contributed by atoms with Crippen molar-refractivity contribution in [3.05, 3.63) is 84.4 Å². The van der Waals surface area contributed by atoms with E-state index in [1.54, 1.807) is 19.1 Å². The number of ether oxygens (including phenoxy) is 2. The molecule has 0 aromatic heterocycles. The Bertz CT molecular complexity index is 858. The second kappa shape index (κ2) is 8.90. The topological polar surface area (TPSA) is 38.8 Å². The van der Waals surface area contributed by atoms with Gasteiger partial charge in [-0.3, -0.25) is 4.79 Å². The van der Waals surface area contributed by atoms with E-state index in [0.717, 1.165) is 22.6 Å². The van der Waals surface area contributed by atoms with Crippen LogP contribution in [0.15, 0.2) is 78.9 Å². The van der Waals surface area contributed by atoms with Gasteiger partial charge < -0.3 is 14.4 Å². The Morgan fingerprint density at radius 3 is 2.04 bits per heavy atom. The molecule has 3 aromatic rings. The normalized spacial score (nSPS) is 10.3. The summed E-state index contributed by atoms with van der Waals surface area (Å²) in [6.45, 7) is 0.933. The monoisotopic (exact) mass is 361 g/mol. The summed E-state index contributed by atoms with van der Waals surface area (Å²) >= 11 is 0. The van der Waals surface area contributed by atoms with E-state index in [0.29, 0.717) is 18.7 Å². The lowest BCUT2D eigenvalue weighted by Crippen LogP contribution is -2.30. The molecule has 0 fully saturated rings. The van der Waals surface area contributed by atoms with Gasteiger partial charge in [0.1, 0.15) is 18.1 Å². The van der Waals surface area contributed by atoms with Crippen molar-refractivity contribution >= 4 is 5.91 Å². The molecule has 0 heterocycles. The van der Waals surface area contributed by atoms with Crippen molar-refractivity contribution in [1.82, 2.24) is 4.90 Å². The Morgan fingerprint density at radius 1 is 0.815 bits per heavy atom. The summed E-state index contributed by atoms with van der Waals surface area (Å²) in [5.41, 5.74) is 2.90. The summed E-state index contributed by atoms with van der Waals surface area (Å²) in [6.07, 6.45) is 0. The van der Waals surface area contributed by atoms with Crippen LogP contribution in [0.5, 0.6) is 11.5 Å². The van der Waals surface area contributed by atoms with Gasteiger partial charge in [-0.05, 0) is 47.5 Å². The average Bonchev–Trinajstić information content (AvgIpc) is 2.74. The van der Waals surface area contributed by atoms with Gasteiger partial charge in [0.2, 0.25) is 0 Å². The standard InChI is InChI=1S/C23H23NO3/c1-24(16-17-27-22-14-12-21(26-2)13-15-22)23(25)20-10-8-19(9-11-20)18-6-4-3-5-7-18/h3-15H,16-17H2,1-2H3. The van der Waals surface area contributed by atoms with Crippen LogP contribution in [0.3, 0.4) is 0 Å². The number of nitrogens with zero attached hydrogens (tertiary/aromatic N) is 1. The summed E-state index contributed by atoms with van der Waals surface area (Å²) in [5, 5.41) is 0. The van der Waals surface area contributed by atoms with Crippen LogP contribution < -0.4 is 9.47 Å². The maximum Gasteiger partial charge on any atom is 0.253 e. The molecule has 0 spiro atoms. The SMILES string of the molecule is COc1ccc(OCCN(C)C(=O)c2ccc(-c3ccccc3)cc2)cc1. The van der Waals surface area contributed by atoms with Crippen molar-refractivity contribution in [2.24, 2.45) is 0 Å². The molecule has 0 saturated carbocycles. The third-order valence-electron chi connectivity index (χ3n) is 4.34. The molecule has 0 radical (unpaired) electrons. The van der Waals surface area contributed by atoms with E-state index in [1.165, 1.54) is 0 Å². The molecule has 0 saturated heterocycles. The van der Waals surface area contributed by atoms with E-state index < -0.39 is 0 Å². The Balaban J connectivity index is 1.53. The molecule has 4 nitrogen and oxygen atoms in total. The maximum atomic E-state index is 12.6. The van der Waals surface area contributed by atoms with E-state index in [4.69, 9.17) is 9.47 Å². The molecule has 27 heavy (non-hydrogen) atoms. The van der Waals surface area contributed by atoms with Crippen LogP contribution in [0, 0.1) is 0 Å². The largest absolute Gasteiger partial charge is 0.497 e. The number of rotatable bonds is 7. The third-order valence-corrected chi connectivity index (χ3v) is 4.34. The molecule has 0 aliphatic carbocycles. The fourth-order valence-corrected chi connectivity index (χ4v) is 2.73. The van der Waals surface area contributed by atoms with Gasteiger partial charge in [-0.15, -0.1) is 0 Å². The Kier molecular flexibility index (Phi) is 6.10. The highest BCUT2D eigenvalue weighted by Crippen LogP contribution is 2.20. The van der Waals surface area contributed by atoms with Crippen molar-refractivity contribution in [3.63, 3.8) is 0 Å². The molecule has 0 atom stereocenters. The van der Waals surface area contributed by atoms with Crippen LogP contribution in [-0.4, -0.2) is 38.1 Å². The third kappa shape index (κ3) is 4.88. The van der Waals surface area contributed by atoms with Gasteiger partial charge in [0.25, 0.3) is 5.91 Å². The van der Waals surface area contributed by atoms with Crippen molar-refractivity contribution in [1.29, 1.82) is 0 Å². The highest BCUT2D eigenvalue weighted by Gasteiger charge is 2.11. The van der Waals surface area contributed by atoms with Gasteiger partial charge in [-0.1, -0.05) is 42.5 Å². The second-order valence-corrected chi connectivity index (χ2v) is 6.19. The molecule has 3 rings (SSSR count). The molecular formula is C23H23NO3. The van der Waals surface area contributed by atoms with Gasteiger partial charge in [0.05, 0.1) is 13.7 Å². The number of likely N-dealkylation sites (N-methyl/N-ethyl adjacent to an activating group) is 1. The van der Waals surface area contributed by atoms with Crippen LogP contribution >= 0.6 is 0 Å². The molecule has 3 aromatic carbocycles. The number of benzene rings is 3. The Hall–Kier alpha value is -3.27. The first-order chi connectivity index (χ1) is 13.2. The zero-order valence-electron chi connectivity index (χ0n) is 15.6. The lowest BCUT2D eigenvalue weighted by atomic mass is 10.0. The van der Waals surface area contributed by atoms with Crippen LogP contribution in [0.2, 0.25) is 0 Å². The predicted molar refractivity (Wildman–Crippen MR) is 107 cm³/mol. The summed E-state index contributed by atoms with van der Waals surface area (Å²) in [4.78, 5) is 14.2. The molecule has 0 aliphatic rings. The highest BCUT2D eigenvalue weighted by atomic mass is 16.5. The number of carbonyl (C=O) groups excluding carboxylic acids is 1. The minimum Gasteiger partial charge on any atom is -0.497 e.